The summed E-state index contributed by atoms with van der Waals surface area (Å²) in [5.41, 5.74) is 1.50. The summed E-state index contributed by atoms with van der Waals surface area (Å²) in [6.45, 7) is 5.18. The largest absolute Gasteiger partial charge is 0.356 e. The van der Waals surface area contributed by atoms with Gasteiger partial charge in [-0.1, -0.05) is 49.0 Å². The standard InChI is InChI=1S/C25H28N6OS/c1-2-33-25-28-22(30-13-6-3-7-14-30)21-17-27-31(23(21)29-25)15-12-26-24(32)20-11-10-18-8-4-5-9-19(18)16-20/h4-5,8-11,16-17H,2-3,6-7,12-15H2,1H3,(H,26,32). The van der Waals surface area contributed by atoms with Crippen molar-refractivity contribution in [2.45, 2.75) is 37.9 Å². The fourth-order valence-corrected chi connectivity index (χ4v) is 4.89. The van der Waals surface area contributed by atoms with Crippen molar-refractivity contribution >= 4 is 45.3 Å². The first-order valence-corrected chi connectivity index (χ1v) is 12.6. The highest BCUT2D eigenvalue weighted by atomic mass is 32.2. The Balaban J connectivity index is 1.33. The van der Waals surface area contributed by atoms with E-state index in [1.165, 1.54) is 19.3 Å². The molecule has 0 aliphatic carbocycles. The lowest BCUT2D eigenvalue weighted by atomic mass is 10.1. The Morgan fingerprint density at radius 1 is 1.06 bits per heavy atom. The van der Waals surface area contributed by atoms with Gasteiger partial charge in [-0.3, -0.25) is 4.79 Å². The molecule has 1 aliphatic rings. The summed E-state index contributed by atoms with van der Waals surface area (Å²) in [4.78, 5) is 24.7. The molecule has 1 saturated heterocycles. The van der Waals surface area contributed by atoms with E-state index >= 15 is 0 Å². The van der Waals surface area contributed by atoms with E-state index in [2.05, 4.69) is 22.2 Å². The van der Waals surface area contributed by atoms with E-state index in [4.69, 9.17) is 9.97 Å². The molecule has 4 aromatic rings. The number of amides is 1. The van der Waals surface area contributed by atoms with E-state index in [1.807, 2.05) is 53.3 Å². The number of hydrogen-bond donors (Lipinski definition) is 1. The normalized spacial score (nSPS) is 14.2. The second-order valence-corrected chi connectivity index (χ2v) is 9.46. The zero-order chi connectivity index (χ0) is 22.6. The topological polar surface area (TPSA) is 75.9 Å². The third kappa shape index (κ3) is 4.66. The average Bonchev–Trinajstić information content (AvgIpc) is 3.26. The molecule has 5 rings (SSSR count). The first-order valence-electron chi connectivity index (χ1n) is 11.6. The predicted molar refractivity (Wildman–Crippen MR) is 134 cm³/mol. The van der Waals surface area contributed by atoms with E-state index in [9.17, 15) is 4.79 Å². The number of piperidine rings is 1. The van der Waals surface area contributed by atoms with Gasteiger partial charge in [-0.25, -0.2) is 14.6 Å². The van der Waals surface area contributed by atoms with Gasteiger partial charge >= 0.3 is 0 Å². The van der Waals surface area contributed by atoms with E-state index in [1.54, 1.807) is 11.8 Å². The molecule has 170 valence electrons. The first kappa shape index (κ1) is 21.7. The van der Waals surface area contributed by atoms with Crippen LogP contribution in [-0.4, -0.2) is 51.0 Å². The minimum absolute atomic E-state index is 0.0805. The average molecular weight is 461 g/mol. The summed E-state index contributed by atoms with van der Waals surface area (Å²) in [6.07, 6.45) is 5.52. The molecule has 33 heavy (non-hydrogen) atoms. The van der Waals surface area contributed by atoms with Crippen LogP contribution in [0.1, 0.15) is 36.5 Å². The van der Waals surface area contributed by atoms with Crippen LogP contribution in [0, 0.1) is 0 Å². The summed E-state index contributed by atoms with van der Waals surface area (Å²) in [5.74, 6) is 1.83. The van der Waals surface area contributed by atoms with Gasteiger partial charge in [0.05, 0.1) is 18.1 Å². The number of nitrogens with zero attached hydrogens (tertiary/aromatic N) is 5. The van der Waals surface area contributed by atoms with Gasteiger partial charge in [-0.2, -0.15) is 5.10 Å². The van der Waals surface area contributed by atoms with Gasteiger partial charge in [-0.05, 0) is 47.9 Å². The van der Waals surface area contributed by atoms with E-state index < -0.39 is 0 Å². The number of thioether (sulfide) groups is 1. The molecular formula is C25H28N6OS. The van der Waals surface area contributed by atoms with E-state index in [0.717, 1.165) is 51.6 Å². The molecular weight excluding hydrogens is 432 g/mol. The third-order valence-electron chi connectivity index (χ3n) is 6.01. The molecule has 0 unspecified atom stereocenters. The monoisotopic (exact) mass is 460 g/mol. The number of fused-ring (bicyclic) bond motifs is 2. The van der Waals surface area contributed by atoms with Crippen LogP contribution in [0.3, 0.4) is 0 Å². The maximum absolute atomic E-state index is 12.7. The number of hydrogen-bond acceptors (Lipinski definition) is 6. The van der Waals surface area contributed by atoms with Gasteiger partial charge < -0.3 is 10.2 Å². The number of aromatic nitrogens is 4. The molecule has 1 N–H and O–H groups in total. The van der Waals surface area contributed by atoms with Gasteiger partial charge in [-0.15, -0.1) is 0 Å². The molecule has 2 aromatic heterocycles. The molecule has 1 aliphatic heterocycles. The quantitative estimate of drug-likeness (QED) is 0.323. The van der Waals surface area contributed by atoms with Crippen molar-refractivity contribution in [2.24, 2.45) is 0 Å². The van der Waals surface area contributed by atoms with Crippen molar-refractivity contribution < 1.29 is 4.79 Å². The summed E-state index contributed by atoms with van der Waals surface area (Å²) < 4.78 is 1.88. The van der Waals surface area contributed by atoms with Crippen LogP contribution in [0.4, 0.5) is 5.82 Å². The molecule has 7 nitrogen and oxygen atoms in total. The Labute approximate surface area is 197 Å². The van der Waals surface area contributed by atoms with Crippen LogP contribution >= 0.6 is 11.8 Å². The van der Waals surface area contributed by atoms with Crippen LogP contribution in [-0.2, 0) is 6.54 Å². The van der Waals surface area contributed by atoms with E-state index in [0.29, 0.717) is 18.7 Å². The SMILES string of the molecule is CCSc1nc(N2CCCCC2)c2cnn(CCNC(=O)c3ccc4ccccc4c3)c2n1. The zero-order valence-electron chi connectivity index (χ0n) is 18.8. The van der Waals surface area contributed by atoms with Crippen LogP contribution in [0.2, 0.25) is 0 Å². The van der Waals surface area contributed by atoms with Gasteiger partial charge in [0, 0.05) is 25.2 Å². The highest BCUT2D eigenvalue weighted by Gasteiger charge is 2.20. The number of nitrogens with one attached hydrogen (secondary N) is 1. The molecule has 0 atom stereocenters. The number of carbonyl (C=O) groups is 1. The Morgan fingerprint density at radius 3 is 2.70 bits per heavy atom. The number of rotatable bonds is 7. The first-order chi connectivity index (χ1) is 16.2. The molecule has 0 spiro atoms. The smallest absolute Gasteiger partial charge is 0.251 e. The molecule has 3 heterocycles. The van der Waals surface area contributed by atoms with Crippen molar-refractivity contribution in [3.63, 3.8) is 0 Å². The Hall–Kier alpha value is -3.13. The Kier molecular flexibility index (Phi) is 6.44. The minimum atomic E-state index is -0.0805. The highest BCUT2D eigenvalue weighted by molar-refractivity contribution is 7.99. The van der Waals surface area contributed by atoms with Crippen molar-refractivity contribution in [2.75, 3.05) is 30.3 Å². The van der Waals surface area contributed by atoms with Gasteiger partial charge in [0.25, 0.3) is 5.91 Å². The molecule has 1 fully saturated rings. The number of anilines is 1. The summed E-state index contributed by atoms with van der Waals surface area (Å²) >= 11 is 1.65. The molecule has 0 radical (unpaired) electrons. The lowest BCUT2D eigenvalue weighted by molar-refractivity contribution is 0.0952. The van der Waals surface area contributed by atoms with Gasteiger partial charge in [0.2, 0.25) is 0 Å². The summed E-state index contributed by atoms with van der Waals surface area (Å²) in [7, 11) is 0. The van der Waals surface area contributed by atoms with Gasteiger partial charge in [0.15, 0.2) is 10.8 Å². The fraction of sp³-hybridized carbons (Fsp3) is 0.360. The lowest BCUT2D eigenvalue weighted by Crippen LogP contribution is -2.30. The van der Waals surface area contributed by atoms with Gasteiger partial charge in [0.1, 0.15) is 5.82 Å². The van der Waals surface area contributed by atoms with Crippen LogP contribution in [0.25, 0.3) is 21.8 Å². The summed E-state index contributed by atoms with van der Waals surface area (Å²) in [6, 6.07) is 13.8. The second kappa shape index (κ2) is 9.79. The second-order valence-electron chi connectivity index (χ2n) is 8.23. The molecule has 1 amide bonds. The van der Waals surface area contributed by atoms with Crippen molar-refractivity contribution in [3.05, 3.63) is 54.2 Å². The van der Waals surface area contributed by atoms with Crippen molar-refractivity contribution in [1.82, 2.24) is 25.1 Å². The van der Waals surface area contributed by atoms with Crippen LogP contribution in [0.15, 0.2) is 53.8 Å². The third-order valence-corrected chi connectivity index (χ3v) is 6.73. The lowest BCUT2D eigenvalue weighted by Gasteiger charge is -2.28. The van der Waals surface area contributed by atoms with Crippen LogP contribution < -0.4 is 10.2 Å². The summed E-state index contributed by atoms with van der Waals surface area (Å²) in [5, 5.41) is 11.6. The molecule has 2 aromatic carbocycles. The number of benzene rings is 2. The fourth-order valence-electron chi connectivity index (χ4n) is 4.33. The predicted octanol–water partition coefficient (Wildman–Crippen LogP) is 4.51. The molecule has 0 bridgehead atoms. The Bertz CT molecular complexity index is 1280. The zero-order valence-corrected chi connectivity index (χ0v) is 19.6. The van der Waals surface area contributed by atoms with Crippen molar-refractivity contribution in [3.8, 4) is 0 Å². The van der Waals surface area contributed by atoms with Crippen molar-refractivity contribution in [1.29, 1.82) is 0 Å². The molecule has 0 saturated carbocycles. The highest BCUT2D eigenvalue weighted by Crippen LogP contribution is 2.29. The van der Waals surface area contributed by atoms with Crippen LogP contribution in [0.5, 0.6) is 0 Å². The Morgan fingerprint density at radius 2 is 1.88 bits per heavy atom. The van der Waals surface area contributed by atoms with E-state index in [-0.39, 0.29) is 5.91 Å². The minimum Gasteiger partial charge on any atom is -0.356 e. The maximum atomic E-state index is 12.7. The molecule has 8 heteroatoms. The number of carbonyl (C=O) groups excluding carboxylic acids is 1. The maximum Gasteiger partial charge on any atom is 0.251 e.